The lowest BCUT2D eigenvalue weighted by atomic mass is 9.91. The Morgan fingerprint density at radius 3 is 2.11 bits per heavy atom. The number of nitrogens with one attached hydrogen (secondary N) is 3. The van der Waals surface area contributed by atoms with Crippen LogP contribution in [0.5, 0.6) is 0 Å². The summed E-state index contributed by atoms with van der Waals surface area (Å²) in [5.41, 5.74) is 1.47. The monoisotopic (exact) mass is 770 g/mol. The first-order valence-corrected chi connectivity index (χ1v) is 21.1. The van der Waals surface area contributed by atoms with Gasteiger partial charge in [-0.3, -0.25) is 14.4 Å². The molecule has 11 heteroatoms. The standard InChI is InChI=1S/C43H71N5O5S/c1-13-22-48(43(51)39(30(8)16-4)47-41(50)38(44-11)29(7)15-3)36(28(5)6)26-37(53-23-14-2)42-46-35(27-54-42)40(49)45-34(24-31(9)32(10)52-12)25-33-20-18-17-19-21-33/h17-21,27-31,34,36-39,44H,10,13-16,22-26H2,1-9,11-12H3,(H,45,49)(H,47,50)/t29-,30-,31-,34+,36+,37+,38-,39-/m0/s1. The number of nitrogens with zero attached hydrogens (tertiary/aromatic N) is 2. The maximum absolute atomic E-state index is 14.6. The molecule has 3 amide bonds. The molecule has 0 bridgehead atoms. The van der Waals surface area contributed by atoms with Crippen molar-refractivity contribution in [1.29, 1.82) is 0 Å². The van der Waals surface area contributed by atoms with E-state index in [9.17, 15) is 14.4 Å². The number of thiazole rings is 1. The first kappa shape index (κ1) is 46.9. The summed E-state index contributed by atoms with van der Waals surface area (Å²) >= 11 is 1.41. The summed E-state index contributed by atoms with van der Waals surface area (Å²) in [4.78, 5) is 48.8. The van der Waals surface area contributed by atoms with Gasteiger partial charge in [-0.05, 0) is 56.0 Å². The quantitative estimate of drug-likeness (QED) is 0.0831. The molecule has 10 nitrogen and oxygen atoms in total. The van der Waals surface area contributed by atoms with Gasteiger partial charge >= 0.3 is 0 Å². The van der Waals surface area contributed by atoms with Crippen molar-refractivity contribution >= 4 is 29.1 Å². The molecule has 1 heterocycles. The van der Waals surface area contributed by atoms with E-state index in [2.05, 4.69) is 83.1 Å². The van der Waals surface area contributed by atoms with Crippen LogP contribution in [0.25, 0.3) is 0 Å². The fraction of sp³-hybridized carbons (Fsp3) is 0.674. The molecule has 2 rings (SSSR count). The average Bonchev–Trinajstić information content (AvgIpc) is 3.66. The summed E-state index contributed by atoms with van der Waals surface area (Å²) in [5.74, 6) is 0.417. The van der Waals surface area contributed by atoms with Gasteiger partial charge < -0.3 is 30.3 Å². The predicted octanol–water partition coefficient (Wildman–Crippen LogP) is 7.96. The van der Waals surface area contributed by atoms with E-state index in [0.29, 0.717) is 48.9 Å². The maximum atomic E-state index is 14.6. The number of rotatable bonds is 26. The summed E-state index contributed by atoms with van der Waals surface area (Å²) < 4.78 is 11.9. The second-order valence-electron chi connectivity index (χ2n) is 15.2. The fourth-order valence-corrected chi connectivity index (χ4v) is 7.68. The van der Waals surface area contributed by atoms with Crippen molar-refractivity contribution in [1.82, 2.24) is 25.8 Å². The molecule has 8 atom stereocenters. The van der Waals surface area contributed by atoms with Crippen LogP contribution in [0.2, 0.25) is 0 Å². The molecule has 54 heavy (non-hydrogen) atoms. The fourth-order valence-electron chi connectivity index (χ4n) is 6.82. The molecule has 1 aromatic carbocycles. The molecule has 0 spiro atoms. The van der Waals surface area contributed by atoms with Crippen LogP contribution in [-0.2, 0) is 25.5 Å². The second kappa shape index (κ2) is 24.3. The zero-order valence-electron chi connectivity index (χ0n) is 35.1. The van der Waals surface area contributed by atoms with Crippen LogP contribution in [0, 0.1) is 23.7 Å². The zero-order valence-corrected chi connectivity index (χ0v) is 35.9. The highest BCUT2D eigenvalue weighted by molar-refractivity contribution is 7.09. The maximum Gasteiger partial charge on any atom is 0.270 e. The van der Waals surface area contributed by atoms with E-state index in [1.807, 2.05) is 36.9 Å². The Labute approximate surface area is 330 Å². The van der Waals surface area contributed by atoms with E-state index in [1.165, 1.54) is 11.3 Å². The molecule has 0 radical (unpaired) electrons. The van der Waals surface area contributed by atoms with Gasteiger partial charge in [0.2, 0.25) is 11.8 Å². The number of hydrogen-bond acceptors (Lipinski definition) is 8. The van der Waals surface area contributed by atoms with Crippen LogP contribution < -0.4 is 16.0 Å². The van der Waals surface area contributed by atoms with E-state index in [4.69, 9.17) is 14.5 Å². The van der Waals surface area contributed by atoms with Crippen molar-refractivity contribution in [3.05, 3.63) is 64.3 Å². The Kier molecular flexibility index (Phi) is 21.1. The minimum atomic E-state index is -0.659. The van der Waals surface area contributed by atoms with E-state index in [0.717, 1.165) is 31.2 Å². The summed E-state index contributed by atoms with van der Waals surface area (Å²) in [6.45, 7) is 23.7. The van der Waals surface area contributed by atoms with Crippen molar-refractivity contribution in [2.75, 3.05) is 27.3 Å². The molecule has 0 aliphatic heterocycles. The number of methoxy groups -OCH3 is 1. The van der Waals surface area contributed by atoms with Crippen molar-refractivity contribution < 1.29 is 23.9 Å². The first-order chi connectivity index (χ1) is 25.8. The van der Waals surface area contributed by atoms with Gasteiger partial charge in [-0.25, -0.2) is 4.98 Å². The predicted molar refractivity (Wildman–Crippen MR) is 221 cm³/mol. The van der Waals surface area contributed by atoms with Crippen LogP contribution >= 0.6 is 11.3 Å². The lowest BCUT2D eigenvalue weighted by molar-refractivity contribution is -0.142. The highest BCUT2D eigenvalue weighted by Crippen LogP contribution is 2.32. The molecular weight excluding hydrogens is 699 g/mol. The third kappa shape index (κ3) is 14.1. The van der Waals surface area contributed by atoms with Crippen LogP contribution in [0.1, 0.15) is 128 Å². The van der Waals surface area contributed by atoms with Crippen molar-refractivity contribution in [2.24, 2.45) is 23.7 Å². The lowest BCUT2D eigenvalue weighted by Gasteiger charge is -2.39. The molecule has 0 aliphatic rings. The van der Waals surface area contributed by atoms with Gasteiger partial charge in [0, 0.05) is 43.0 Å². The number of likely N-dealkylation sites (N-methyl/N-ethyl adjacent to an activating group) is 1. The minimum absolute atomic E-state index is 0.0430. The van der Waals surface area contributed by atoms with Crippen LogP contribution in [0.15, 0.2) is 48.0 Å². The summed E-state index contributed by atoms with van der Waals surface area (Å²) in [5, 5.41) is 12.1. The van der Waals surface area contributed by atoms with Crippen molar-refractivity contribution in [3.8, 4) is 0 Å². The van der Waals surface area contributed by atoms with Gasteiger partial charge in [-0.1, -0.05) is 112 Å². The molecule has 3 N–H and O–H groups in total. The molecule has 0 aliphatic carbocycles. The molecule has 2 aromatic rings. The summed E-state index contributed by atoms with van der Waals surface area (Å²) in [6.07, 6.45) is 4.59. The zero-order chi connectivity index (χ0) is 40.4. The number of benzene rings is 1. The van der Waals surface area contributed by atoms with Gasteiger partial charge in [0.1, 0.15) is 22.8 Å². The smallest absolute Gasteiger partial charge is 0.270 e. The number of ether oxygens (including phenoxy) is 2. The van der Waals surface area contributed by atoms with E-state index >= 15 is 0 Å². The Morgan fingerprint density at radius 1 is 0.907 bits per heavy atom. The van der Waals surface area contributed by atoms with Crippen molar-refractivity contribution in [3.63, 3.8) is 0 Å². The lowest BCUT2D eigenvalue weighted by Crippen LogP contribution is -2.59. The summed E-state index contributed by atoms with van der Waals surface area (Å²) in [7, 11) is 3.41. The molecule has 1 aromatic heterocycles. The number of aromatic nitrogens is 1. The Balaban J connectivity index is 2.41. The molecule has 304 valence electrons. The normalized spacial score (nSPS) is 16.0. The summed E-state index contributed by atoms with van der Waals surface area (Å²) in [6, 6.07) is 8.72. The van der Waals surface area contributed by atoms with Crippen molar-refractivity contribution in [2.45, 2.75) is 138 Å². The van der Waals surface area contributed by atoms with E-state index in [-0.39, 0.29) is 59.5 Å². The van der Waals surface area contributed by atoms with Gasteiger partial charge in [0.05, 0.1) is 18.9 Å². The third-order valence-corrected chi connectivity index (χ3v) is 11.6. The molecule has 0 fully saturated rings. The van der Waals surface area contributed by atoms with E-state index in [1.54, 1.807) is 19.5 Å². The molecule has 0 saturated carbocycles. The SMILES string of the molecule is C=C(OC)[C@@H](C)C[C@H](Cc1ccccc1)NC(=O)c1csc([C@@H](C[C@H](C(C)C)N(CCC)C(=O)[C@@H](NC(=O)[C@@H](NC)[C@@H](C)CC)[C@@H](C)CC)OCCC)n1. The number of hydrogen-bond donors (Lipinski definition) is 3. The third-order valence-electron chi connectivity index (χ3n) is 10.6. The average molecular weight is 770 g/mol. The highest BCUT2D eigenvalue weighted by atomic mass is 32.1. The van der Waals surface area contributed by atoms with Gasteiger partial charge in [0.25, 0.3) is 5.91 Å². The Bertz CT molecular complexity index is 1420. The number of amides is 3. The van der Waals surface area contributed by atoms with Gasteiger partial charge in [-0.2, -0.15) is 0 Å². The minimum Gasteiger partial charge on any atom is -0.501 e. The van der Waals surface area contributed by atoms with Gasteiger partial charge in [-0.15, -0.1) is 11.3 Å². The molecular formula is C43H71N5O5S. The van der Waals surface area contributed by atoms with Crippen LogP contribution in [-0.4, -0.2) is 79.1 Å². The number of carbonyl (C=O) groups excluding carboxylic acids is 3. The topological polar surface area (TPSA) is 122 Å². The highest BCUT2D eigenvalue weighted by Gasteiger charge is 2.37. The first-order valence-electron chi connectivity index (χ1n) is 20.2. The Hall–Kier alpha value is -3.28. The number of allylic oxidation sites excluding steroid dienone is 1. The Morgan fingerprint density at radius 2 is 1.56 bits per heavy atom. The number of carbonyl (C=O) groups is 3. The van der Waals surface area contributed by atoms with Crippen LogP contribution in [0.3, 0.4) is 0 Å². The van der Waals surface area contributed by atoms with E-state index < -0.39 is 12.1 Å². The van der Waals surface area contributed by atoms with Crippen LogP contribution in [0.4, 0.5) is 0 Å². The second-order valence-corrected chi connectivity index (χ2v) is 16.1. The molecule has 0 saturated heterocycles. The molecule has 0 unspecified atom stereocenters. The van der Waals surface area contributed by atoms with Gasteiger partial charge in [0.15, 0.2) is 0 Å². The largest absolute Gasteiger partial charge is 0.501 e.